The molecule has 3 aromatic rings. The van der Waals surface area contributed by atoms with Gasteiger partial charge < -0.3 is 23.7 Å². The van der Waals surface area contributed by atoms with E-state index in [0.29, 0.717) is 24.5 Å². The number of ether oxygens (including phenoxy) is 3. The maximum absolute atomic E-state index is 15.2. The molecule has 0 saturated carbocycles. The highest BCUT2D eigenvalue weighted by atomic mass is 32.2. The molecule has 0 aliphatic heterocycles. The van der Waals surface area contributed by atoms with Crippen molar-refractivity contribution in [2.45, 2.75) is 57.5 Å². The summed E-state index contributed by atoms with van der Waals surface area (Å²) in [6.07, 6.45) is 0. The molecule has 1 heterocycles. The van der Waals surface area contributed by atoms with Crippen molar-refractivity contribution in [3.8, 4) is 11.5 Å². The number of halogens is 2. The lowest BCUT2D eigenvalue weighted by Crippen LogP contribution is -2.41. The van der Waals surface area contributed by atoms with Crippen molar-refractivity contribution in [3.05, 3.63) is 83.2 Å². The van der Waals surface area contributed by atoms with Gasteiger partial charge in [-0.25, -0.2) is 4.98 Å². The summed E-state index contributed by atoms with van der Waals surface area (Å²) in [5, 5.41) is 0. The van der Waals surface area contributed by atoms with Crippen molar-refractivity contribution in [2.24, 2.45) is 0 Å². The van der Waals surface area contributed by atoms with Crippen LogP contribution < -0.4 is 19.1 Å². The van der Waals surface area contributed by atoms with Crippen LogP contribution in [0.5, 0.6) is 11.5 Å². The standard InChI is InChI=1S/C30H39F2N3O4S/c1-21(34-40(36)29(2,3)4)27-16-24(17-28(33-27)30(31,32)20-37-5)35(18-22-8-12-25(38-6)13-9-22)19-23-10-14-26(39-7)15-11-23/h8-17,21,34H,18-20H2,1-7H3/t21-,40?/m1/s1. The molecule has 0 saturated heterocycles. The monoisotopic (exact) mass is 575 g/mol. The van der Waals surface area contributed by atoms with Gasteiger partial charge in [-0.3, -0.25) is 0 Å². The molecule has 1 N–H and O–H groups in total. The molecule has 2 aromatic carbocycles. The van der Waals surface area contributed by atoms with Gasteiger partial charge in [0, 0.05) is 37.2 Å². The second kappa shape index (κ2) is 13.6. The van der Waals surface area contributed by atoms with Gasteiger partial charge in [0.25, 0.3) is 0 Å². The fraction of sp³-hybridized carbons (Fsp3) is 0.433. The Labute approximate surface area is 239 Å². The van der Waals surface area contributed by atoms with Gasteiger partial charge in [-0.15, -0.1) is 4.72 Å². The minimum Gasteiger partial charge on any atom is -0.598 e. The van der Waals surface area contributed by atoms with E-state index in [2.05, 4.69) is 9.71 Å². The molecule has 2 atom stereocenters. The lowest BCUT2D eigenvalue weighted by Gasteiger charge is -2.29. The first-order chi connectivity index (χ1) is 18.9. The van der Waals surface area contributed by atoms with E-state index in [0.717, 1.165) is 22.6 Å². The smallest absolute Gasteiger partial charge is 0.312 e. The average Bonchev–Trinajstić information content (AvgIpc) is 2.92. The van der Waals surface area contributed by atoms with Crippen LogP contribution in [0.15, 0.2) is 60.7 Å². The molecular formula is C30H39F2N3O4S. The van der Waals surface area contributed by atoms with Gasteiger partial charge in [0.1, 0.15) is 28.5 Å². The van der Waals surface area contributed by atoms with Crippen LogP contribution in [0.3, 0.4) is 0 Å². The number of benzene rings is 2. The van der Waals surface area contributed by atoms with Gasteiger partial charge in [0.05, 0.1) is 26.0 Å². The molecule has 10 heteroatoms. The molecule has 1 aromatic heterocycles. The van der Waals surface area contributed by atoms with E-state index >= 15 is 8.78 Å². The Morgan fingerprint density at radius 2 is 1.40 bits per heavy atom. The number of aromatic nitrogens is 1. The number of methoxy groups -OCH3 is 3. The Hall–Kier alpha value is -2.92. The fourth-order valence-corrected chi connectivity index (χ4v) is 4.72. The lowest BCUT2D eigenvalue weighted by molar-refractivity contribution is -0.0732. The fourth-order valence-electron chi connectivity index (χ4n) is 3.92. The molecule has 0 amide bonds. The number of anilines is 1. The highest BCUT2D eigenvalue weighted by molar-refractivity contribution is 7.90. The van der Waals surface area contributed by atoms with Gasteiger partial charge in [0.15, 0.2) is 0 Å². The largest absolute Gasteiger partial charge is 0.598 e. The summed E-state index contributed by atoms with van der Waals surface area (Å²) in [4.78, 5) is 6.32. The first kappa shape index (κ1) is 31.6. The minimum atomic E-state index is -3.33. The molecule has 40 heavy (non-hydrogen) atoms. The molecule has 0 spiro atoms. The SMILES string of the molecule is COCC(F)(F)c1cc(N(Cc2ccc(OC)cc2)Cc2ccc(OC)cc2)cc([C@@H](C)N[S+]([O-])C(C)(C)C)n1. The molecule has 0 aliphatic rings. The molecule has 0 bridgehead atoms. The van der Waals surface area contributed by atoms with Crippen LogP contribution >= 0.6 is 0 Å². The van der Waals surface area contributed by atoms with Gasteiger partial charge in [0.2, 0.25) is 0 Å². The zero-order valence-electron chi connectivity index (χ0n) is 24.2. The Balaban J connectivity index is 2.08. The summed E-state index contributed by atoms with van der Waals surface area (Å²) in [6, 6.07) is 17.9. The predicted molar refractivity (Wildman–Crippen MR) is 155 cm³/mol. The summed E-state index contributed by atoms with van der Waals surface area (Å²) in [5.41, 5.74) is 2.44. The van der Waals surface area contributed by atoms with E-state index in [1.54, 1.807) is 27.2 Å². The van der Waals surface area contributed by atoms with Crippen molar-refractivity contribution in [2.75, 3.05) is 32.8 Å². The molecule has 218 valence electrons. The van der Waals surface area contributed by atoms with Crippen LogP contribution in [0.4, 0.5) is 14.5 Å². The molecule has 1 unspecified atom stereocenters. The Morgan fingerprint density at radius 3 is 1.82 bits per heavy atom. The summed E-state index contributed by atoms with van der Waals surface area (Å²) >= 11 is -1.43. The highest BCUT2D eigenvalue weighted by Gasteiger charge is 2.36. The zero-order valence-corrected chi connectivity index (χ0v) is 25.0. The van der Waals surface area contributed by atoms with E-state index < -0.39 is 40.4 Å². The zero-order chi connectivity index (χ0) is 29.5. The lowest BCUT2D eigenvalue weighted by atomic mass is 10.1. The van der Waals surface area contributed by atoms with Crippen molar-refractivity contribution in [1.29, 1.82) is 0 Å². The van der Waals surface area contributed by atoms with Crippen LogP contribution in [-0.2, 0) is 35.1 Å². The number of hydrogen-bond donors (Lipinski definition) is 1. The quantitative estimate of drug-likeness (QED) is 0.245. The van der Waals surface area contributed by atoms with Gasteiger partial charge in [-0.1, -0.05) is 24.3 Å². The molecular weight excluding hydrogens is 536 g/mol. The van der Waals surface area contributed by atoms with Crippen LogP contribution in [0.25, 0.3) is 0 Å². The Kier molecular flexibility index (Phi) is 10.8. The predicted octanol–water partition coefficient (Wildman–Crippen LogP) is 6.16. The van der Waals surface area contributed by atoms with E-state index in [1.807, 2.05) is 74.2 Å². The van der Waals surface area contributed by atoms with Crippen molar-refractivity contribution < 1.29 is 27.5 Å². The maximum Gasteiger partial charge on any atom is 0.312 e. The molecule has 0 aliphatic carbocycles. The van der Waals surface area contributed by atoms with Gasteiger partial charge >= 0.3 is 5.92 Å². The summed E-state index contributed by atoms with van der Waals surface area (Å²) in [7, 11) is 4.44. The third-order valence-electron chi connectivity index (χ3n) is 6.24. The molecule has 0 fully saturated rings. The number of rotatable bonds is 13. The van der Waals surface area contributed by atoms with Gasteiger partial charge in [-0.2, -0.15) is 8.78 Å². The molecule has 7 nitrogen and oxygen atoms in total. The second-order valence-corrected chi connectivity index (χ2v) is 12.5. The van der Waals surface area contributed by atoms with E-state index in [1.165, 1.54) is 13.2 Å². The molecule has 0 radical (unpaired) electrons. The van der Waals surface area contributed by atoms with Crippen molar-refractivity contribution in [3.63, 3.8) is 0 Å². The summed E-state index contributed by atoms with van der Waals surface area (Å²) in [6.45, 7) is 7.36. The number of nitrogens with zero attached hydrogens (tertiary/aromatic N) is 2. The Morgan fingerprint density at radius 1 is 0.900 bits per heavy atom. The van der Waals surface area contributed by atoms with Crippen LogP contribution in [0.1, 0.15) is 56.3 Å². The number of nitrogens with one attached hydrogen (secondary N) is 1. The first-order valence-corrected chi connectivity index (χ1v) is 14.1. The second-order valence-electron chi connectivity index (χ2n) is 10.5. The normalized spacial score (nSPS) is 13.6. The van der Waals surface area contributed by atoms with Gasteiger partial charge in [-0.05, 0) is 75.2 Å². The van der Waals surface area contributed by atoms with Crippen LogP contribution in [0.2, 0.25) is 0 Å². The number of hydrogen-bond acceptors (Lipinski definition) is 7. The Bertz CT molecular complexity index is 1170. The maximum atomic E-state index is 15.2. The van der Waals surface area contributed by atoms with Crippen LogP contribution in [0, 0.1) is 0 Å². The number of pyridine rings is 1. The first-order valence-electron chi connectivity index (χ1n) is 12.9. The minimum absolute atomic E-state index is 0.357. The summed E-state index contributed by atoms with van der Waals surface area (Å²) in [5.74, 6) is -1.87. The third kappa shape index (κ3) is 8.54. The summed E-state index contributed by atoms with van der Waals surface area (Å²) < 4.78 is 61.1. The van der Waals surface area contributed by atoms with E-state index in [9.17, 15) is 4.55 Å². The van der Waals surface area contributed by atoms with E-state index in [-0.39, 0.29) is 0 Å². The topological polar surface area (TPSA) is 78.9 Å². The highest BCUT2D eigenvalue weighted by Crippen LogP contribution is 2.33. The van der Waals surface area contributed by atoms with Crippen molar-refractivity contribution in [1.82, 2.24) is 9.71 Å². The third-order valence-corrected chi connectivity index (χ3v) is 7.92. The van der Waals surface area contributed by atoms with Crippen LogP contribution in [-0.4, -0.2) is 42.2 Å². The van der Waals surface area contributed by atoms with Crippen molar-refractivity contribution >= 4 is 17.0 Å². The molecule has 3 rings (SSSR count). The average molecular weight is 576 g/mol. The van der Waals surface area contributed by atoms with E-state index in [4.69, 9.17) is 14.2 Å². The number of alkyl halides is 2.